The first-order valence-corrected chi connectivity index (χ1v) is 8.92. The van der Waals surface area contributed by atoms with E-state index in [9.17, 15) is 9.59 Å². The number of amides is 2. The third-order valence-corrected chi connectivity index (χ3v) is 3.87. The topological polar surface area (TPSA) is 58.6 Å². The fraction of sp³-hybridized carbons (Fsp3) is 0.273. The van der Waals surface area contributed by atoms with E-state index in [0.29, 0.717) is 24.4 Å². The van der Waals surface area contributed by atoms with Crippen molar-refractivity contribution < 1.29 is 14.3 Å². The molecule has 0 aliphatic rings. The number of benzene rings is 2. The molecular formula is C22H26N2O3. The molecule has 2 rings (SSSR count). The summed E-state index contributed by atoms with van der Waals surface area (Å²) in [6.07, 6.45) is 3.33. The molecule has 0 heterocycles. The summed E-state index contributed by atoms with van der Waals surface area (Å²) in [5, 5.41) is 4.64. The number of fused-ring (bicyclic) bond motifs is 1. The van der Waals surface area contributed by atoms with Crippen LogP contribution in [0.25, 0.3) is 10.8 Å². The van der Waals surface area contributed by atoms with Crippen LogP contribution in [0.2, 0.25) is 0 Å². The highest BCUT2D eigenvalue weighted by molar-refractivity contribution is 6.02. The van der Waals surface area contributed by atoms with E-state index in [4.69, 9.17) is 4.74 Å². The standard InChI is InChI=1S/C22H26N2O3/c1-5-11-24(12-6-2)22(26)19-13-17-9-7-8-10-18(17)14-20(19)27-15-21(25)23-16(3)4/h5-10,13-14,16H,1-2,11-12,15H2,3-4H3,(H,23,25). The highest BCUT2D eigenvalue weighted by atomic mass is 16.5. The summed E-state index contributed by atoms with van der Waals surface area (Å²) >= 11 is 0. The second kappa shape index (κ2) is 9.57. The number of nitrogens with one attached hydrogen (secondary N) is 1. The van der Waals surface area contributed by atoms with E-state index < -0.39 is 0 Å². The Morgan fingerprint density at radius 1 is 1.11 bits per heavy atom. The highest BCUT2D eigenvalue weighted by Gasteiger charge is 2.20. The molecule has 142 valence electrons. The number of hydrogen-bond acceptors (Lipinski definition) is 3. The van der Waals surface area contributed by atoms with Gasteiger partial charge in [-0.2, -0.15) is 0 Å². The molecule has 0 radical (unpaired) electrons. The van der Waals surface area contributed by atoms with Crippen molar-refractivity contribution in [2.45, 2.75) is 19.9 Å². The molecule has 0 saturated heterocycles. The zero-order valence-electron chi connectivity index (χ0n) is 15.9. The van der Waals surface area contributed by atoms with Crippen LogP contribution in [-0.4, -0.2) is 42.5 Å². The lowest BCUT2D eigenvalue weighted by atomic mass is 10.0. The van der Waals surface area contributed by atoms with Crippen LogP contribution in [0.4, 0.5) is 0 Å². The second-order valence-electron chi connectivity index (χ2n) is 6.49. The van der Waals surface area contributed by atoms with E-state index in [-0.39, 0.29) is 24.5 Å². The third-order valence-electron chi connectivity index (χ3n) is 3.87. The SMILES string of the molecule is C=CCN(CC=C)C(=O)c1cc2ccccc2cc1OCC(=O)NC(C)C. The Hall–Kier alpha value is -3.08. The quantitative estimate of drug-likeness (QED) is 0.691. The second-order valence-corrected chi connectivity index (χ2v) is 6.49. The molecule has 0 saturated carbocycles. The van der Waals surface area contributed by atoms with E-state index in [1.165, 1.54) is 0 Å². The Kier molecular flexibility index (Phi) is 7.17. The van der Waals surface area contributed by atoms with Gasteiger partial charge in [-0.1, -0.05) is 36.4 Å². The predicted octanol–water partition coefficient (Wildman–Crippen LogP) is 3.56. The molecule has 0 atom stereocenters. The van der Waals surface area contributed by atoms with E-state index >= 15 is 0 Å². The molecule has 0 aromatic heterocycles. The molecule has 0 aliphatic carbocycles. The van der Waals surface area contributed by atoms with E-state index in [2.05, 4.69) is 18.5 Å². The van der Waals surface area contributed by atoms with Gasteiger partial charge in [-0.3, -0.25) is 9.59 Å². The minimum absolute atomic E-state index is 0.0227. The summed E-state index contributed by atoms with van der Waals surface area (Å²) < 4.78 is 5.72. The summed E-state index contributed by atoms with van der Waals surface area (Å²) in [4.78, 5) is 26.6. The van der Waals surface area contributed by atoms with Crippen LogP contribution in [0.1, 0.15) is 24.2 Å². The Balaban J connectivity index is 2.38. The number of rotatable bonds is 9. The van der Waals surface area contributed by atoms with Gasteiger partial charge in [0.05, 0.1) is 5.56 Å². The van der Waals surface area contributed by atoms with Crippen molar-refractivity contribution in [1.82, 2.24) is 10.2 Å². The molecule has 2 aromatic carbocycles. The molecule has 27 heavy (non-hydrogen) atoms. The normalized spacial score (nSPS) is 10.5. The monoisotopic (exact) mass is 366 g/mol. The van der Waals surface area contributed by atoms with Crippen molar-refractivity contribution in [3.63, 3.8) is 0 Å². The van der Waals surface area contributed by atoms with Gasteiger partial charge in [0, 0.05) is 19.1 Å². The fourth-order valence-electron chi connectivity index (χ4n) is 2.74. The van der Waals surface area contributed by atoms with Crippen molar-refractivity contribution in [2.24, 2.45) is 0 Å². The molecule has 0 spiro atoms. The van der Waals surface area contributed by atoms with Crippen LogP contribution in [0.5, 0.6) is 5.75 Å². The van der Waals surface area contributed by atoms with Crippen LogP contribution in [0.3, 0.4) is 0 Å². The zero-order valence-corrected chi connectivity index (χ0v) is 15.9. The summed E-state index contributed by atoms with van der Waals surface area (Å²) in [6, 6.07) is 11.3. The van der Waals surface area contributed by atoms with Crippen LogP contribution in [0.15, 0.2) is 61.7 Å². The van der Waals surface area contributed by atoms with Crippen molar-refractivity contribution in [2.75, 3.05) is 19.7 Å². The van der Waals surface area contributed by atoms with Gasteiger partial charge in [-0.25, -0.2) is 0 Å². The largest absolute Gasteiger partial charge is 0.483 e. The first-order chi connectivity index (χ1) is 13.0. The third kappa shape index (κ3) is 5.45. The highest BCUT2D eigenvalue weighted by Crippen LogP contribution is 2.27. The van der Waals surface area contributed by atoms with Gasteiger partial charge >= 0.3 is 0 Å². The molecule has 5 heteroatoms. The number of hydrogen-bond donors (Lipinski definition) is 1. The smallest absolute Gasteiger partial charge is 0.258 e. The average molecular weight is 366 g/mol. The Morgan fingerprint density at radius 2 is 1.70 bits per heavy atom. The lowest BCUT2D eigenvalue weighted by Gasteiger charge is -2.21. The molecule has 0 fully saturated rings. The number of nitrogens with zero attached hydrogens (tertiary/aromatic N) is 1. The number of carbonyl (C=O) groups excluding carboxylic acids is 2. The molecule has 0 bridgehead atoms. The molecule has 2 amide bonds. The maximum absolute atomic E-state index is 13.1. The fourth-order valence-corrected chi connectivity index (χ4v) is 2.74. The van der Waals surface area contributed by atoms with Crippen LogP contribution < -0.4 is 10.1 Å². The molecular weight excluding hydrogens is 340 g/mol. The van der Waals surface area contributed by atoms with Crippen molar-refractivity contribution >= 4 is 22.6 Å². The number of ether oxygens (including phenoxy) is 1. The van der Waals surface area contributed by atoms with Gasteiger partial charge < -0.3 is 15.0 Å². The van der Waals surface area contributed by atoms with Crippen LogP contribution in [0, 0.1) is 0 Å². The van der Waals surface area contributed by atoms with E-state index in [1.807, 2.05) is 38.1 Å². The summed E-state index contributed by atoms with van der Waals surface area (Å²) in [5.74, 6) is -0.0406. The molecule has 0 aliphatic heterocycles. The van der Waals surface area contributed by atoms with Gasteiger partial charge in [0.25, 0.3) is 11.8 Å². The first kappa shape index (κ1) is 20.2. The summed E-state index contributed by atoms with van der Waals surface area (Å²) in [5.41, 5.74) is 0.412. The first-order valence-electron chi connectivity index (χ1n) is 8.92. The average Bonchev–Trinajstić information content (AvgIpc) is 2.64. The van der Waals surface area contributed by atoms with Gasteiger partial charge in [-0.15, -0.1) is 13.2 Å². The van der Waals surface area contributed by atoms with Crippen LogP contribution in [-0.2, 0) is 4.79 Å². The number of carbonyl (C=O) groups is 2. The van der Waals surface area contributed by atoms with Gasteiger partial charge in [0.1, 0.15) is 5.75 Å². The van der Waals surface area contributed by atoms with E-state index in [0.717, 1.165) is 10.8 Å². The Bertz CT molecular complexity index is 833. The van der Waals surface area contributed by atoms with Gasteiger partial charge in [0.15, 0.2) is 6.61 Å². The minimum atomic E-state index is -0.231. The molecule has 5 nitrogen and oxygen atoms in total. The molecule has 1 N–H and O–H groups in total. The maximum atomic E-state index is 13.1. The van der Waals surface area contributed by atoms with Crippen molar-refractivity contribution in [3.8, 4) is 5.75 Å². The van der Waals surface area contributed by atoms with Crippen molar-refractivity contribution in [1.29, 1.82) is 0 Å². The van der Waals surface area contributed by atoms with E-state index in [1.54, 1.807) is 29.2 Å². The van der Waals surface area contributed by atoms with Gasteiger partial charge in [0.2, 0.25) is 0 Å². The summed E-state index contributed by atoms with van der Waals surface area (Å²) in [7, 11) is 0. The Labute approximate surface area is 160 Å². The molecule has 2 aromatic rings. The van der Waals surface area contributed by atoms with Crippen molar-refractivity contribution in [3.05, 3.63) is 67.3 Å². The van der Waals surface area contributed by atoms with Crippen LogP contribution >= 0.6 is 0 Å². The lowest BCUT2D eigenvalue weighted by molar-refractivity contribution is -0.123. The maximum Gasteiger partial charge on any atom is 0.258 e. The summed E-state index contributed by atoms with van der Waals surface area (Å²) in [6.45, 7) is 11.8. The lowest BCUT2D eigenvalue weighted by Crippen LogP contribution is -2.35. The zero-order chi connectivity index (χ0) is 19.8. The van der Waals surface area contributed by atoms with Gasteiger partial charge in [-0.05, 0) is 36.8 Å². The minimum Gasteiger partial charge on any atom is -0.483 e. The molecule has 0 unspecified atom stereocenters. The predicted molar refractivity (Wildman–Crippen MR) is 109 cm³/mol. The Morgan fingerprint density at radius 3 is 2.26 bits per heavy atom.